The molecule has 0 saturated heterocycles. The molecule has 0 N–H and O–H groups in total. The van der Waals surface area contributed by atoms with Crippen molar-refractivity contribution < 1.29 is 0 Å². The van der Waals surface area contributed by atoms with Crippen LogP contribution in [-0.2, 0) is 5.41 Å². The fourth-order valence-electron chi connectivity index (χ4n) is 9.80. The highest BCUT2D eigenvalue weighted by Crippen LogP contribution is 2.63. The number of unbranched alkanes of at least 4 members (excludes halogenated alkanes) is 2. The zero-order valence-electron chi connectivity index (χ0n) is 36.9. The van der Waals surface area contributed by atoms with Gasteiger partial charge in [-0.05, 0) is 84.2 Å². The largest absolute Gasteiger partial charge is 0.252 e. The molecule has 7 nitrogen and oxygen atoms in total. The highest BCUT2D eigenvalue weighted by molar-refractivity contribution is 7.97. The van der Waals surface area contributed by atoms with Crippen LogP contribution < -0.4 is 0 Å². The lowest BCUT2D eigenvalue weighted by Gasteiger charge is -2.37. The Morgan fingerprint density at radius 3 is 1.95 bits per heavy atom. The number of fused-ring (bicyclic) bond motifs is 6. The van der Waals surface area contributed by atoms with Crippen molar-refractivity contribution in [3.8, 4) is 30.9 Å². The Morgan fingerprint density at radius 2 is 1.33 bits per heavy atom. The van der Waals surface area contributed by atoms with Gasteiger partial charge in [0.1, 0.15) is 32.5 Å². The van der Waals surface area contributed by atoms with Crippen LogP contribution >= 0.6 is 69.0 Å². The van der Waals surface area contributed by atoms with Crippen molar-refractivity contribution in [3.05, 3.63) is 106 Å². The SMILES string of the molecule is C=C1C(=NSC)C(c2cc3c(s2)-c2sc(-c4cnc(-c5nc6ccccc6s5)c5nsnc45)cc2C3(CC(CC)CCCC)CC(CC)CCCC)=CN=C1c1nc2ccccc2s1. The number of benzene rings is 2. The summed E-state index contributed by atoms with van der Waals surface area (Å²) in [6.07, 6.45) is 18.2. The molecule has 1 aliphatic heterocycles. The van der Waals surface area contributed by atoms with Crippen LogP contribution in [0.5, 0.6) is 0 Å². The van der Waals surface area contributed by atoms with E-state index in [1.165, 1.54) is 106 Å². The lowest BCUT2D eigenvalue weighted by molar-refractivity contribution is 0.266. The van der Waals surface area contributed by atoms with Gasteiger partial charge >= 0.3 is 0 Å². The number of thiophene rings is 2. The molecule has 10 rings (SSSR count). The lowest BCUT2D eigenvalue weighted by atomic mass is 9.65. The van der Waals surface area contributed by atoms with E-state index in [1.54, 1.807) is 22.7 Å². The number of hydrogen-bond acceptors (Lipinski definition) is 13. The van der Waals surface area contributed by atoms with Crippen LogP contribution in [0.3, 0.4) is 0 Å². The Bertz CT molecular complexity index is 3030. The van der Waals surface area contributed by atoms with Gasteiger partial charge in [-0.2, -0.15) is 8.75 Å². The molecule has 0 fully saturated rings. The van der Waals surface area contributed by atoms with E-state index in [0.717, 1.165) is 88.2 Å². The Labute approximate surface area is 400 Å². The van der Waals surface area contributed by atoms with Gasteiger partial charge in [0, 0.05) is 60.3 Å². The summed E-state index contributed by atoms with van der Waals surface area (Å²) in [4.78, 5) is 25.4. The number of thiazole rings is 2. The average molecular weight is 954 g/mol. The van der Waals surface area contributed by atoms with Crippen LogP contribution in [0.2, 0.25) is 0 Å². The molecule has 2 aromatic carbocycles. The zero-order valence-corrected chi connectivity index (χ0v) is 41.8. The van der Waals surface area contributed by atoms with Crippen molar-refractivity contribution in [1.82, 2.24) is 23.7 Å². The van der Waals surface area contributed by atoms with Gasteiger partial charge in [0.15, 0.2) is 0 Å². The Morgan fingerprint density at radius 1 is 0.734 bits per heavy atom. The molecule has 64 heavy (non-hydrogen) atoms. The molecule has 2 aliphatic rings. The summed E-state index contributed by atoms with van der Waals surface area (Å²) in [5.74, 6) is 1.23. The first kappa shape index (κ1) is 43.6. The molecular formula is C51H51N7S6. The fourth-order valence-corrected chi connectivity index (χ4v) is 15.4. The summed E-state index contributed by atoms with van der Waals surface area (Å²) in [5.41, 5.74) is 11.9. The minimum Gasteiger partial charge on any atom is -0.252 e. The quantitative estimate of drug-likeness (QED) is 0.0845. The highest BCUT2D eigenvalue weighted by Gasteiger charge is 2.48. The van der Waals surface area contributed by atoms with Gasteiger partial charge in [-0.3, -0.25) is 9.98 Å². The second-order valence-electron chi connectivity index (χ2n) is 17.1. The molecule has 0 radical (unpaired) electrons. The summed E-state index contributed by atoms with van der Waals surface area (Å²) < 4.78 is 17.2. The summed E-state index contributed by atoms with van der Waals surface area (Å²) in [5, 5.41) is 1.76. The maximum atomic E-state index is 5.13. The van der Waals surface area contributed by atoms with Gasteiger partial charge in [-0.1, -0.05) is 110 Å². The molecule has 7 heterocycles. The molecule has 0 amide bonds. The van der Waals surface area contributed by atoms with Crippen molar-refractivity contribution in [1.29, 1.82) is 0 Å². The summed E-state index contributed by atoms with van der Waals surface area (Å²) in [6.45, 7) is 14.1. The Kier molecular flexibility index (Phi) is 12.7. The number of aliphatic imine (C=N–C) groups is 1. The Hall–Kier alpha value is -4.24. The number of nitrogens with zero attached hydrogens (tertiary/aromatic N) is 7. The van der Waals surface area contributed by atoms with Crippen LogP contribution in [0.4, 0.5) is 0 Å². The molecule has 2 unspecified atom stereocenters. The monoisotopic (exact) mass is 953 g/mol. The lowest BCUT2D eigenvalue weighted by Crippen LogP contribution is -2.31. The van der Waals surface area contributed by atoms with E-state index in [0.29, 0.717) is 11.8 Å². The van der Waals surface area contributed by atoms with E-state index in [-0.39, 0.29) is 5.41 Å². The maximum absolute atomic E-state index is 5.13. The zero-order chi connectivity index (χ0) is 44.0. The molecule has 8 aromatic rings. The summed E-state index contributed by atoms with van der Waals surface area (Å²) >= 11 is 9.87. The number of hydrogen-bond donors (Lipinski definition) is 0. The third-order valence-electron chi connectivity index (χ3n) is 13.2. The predicted molar refractivity (Wildman–Crippen MR) is 281 cm³/mol. The Balaban J connectivity index is 1.14. The van der Waals surface area contributed by atoms with Crippen LogP contribution in [0, 0.1) is 11.8 Å². The van der Waals surface area contributed by atoms with Gasteiger partial charge in [-0.15, -0.1) is 45.3 Å². The van der Waals surface area contributed by atoms with Crippen LogP contribution in [0.25, 0.3) is 67.9 Å². The van der Waals surface area contributed by atoms with Crippen LogP contribution in [0.1, 0.15) is 113 Å². The second kappa shape index (κ2) is 18.6. The number of pyridine rings is 1. The normalized spacial score (nSPS) is 17.7. The van der Waals surface area contributed by atoms with E-state index in [4.69, 9.17) is 33.1 Å². The fraction of sp³-hybridized carbons (Fsp3) is 0.353. The van der Waals surface area contributed by atoms with Gasteiger partial charge in [-0.25, -0.2) is 14.4 Å². The smallest absolute Gasteiger partial charge is 0.145 e. The predicted octanol–water partition coefficient (Wildman–Crippen LogP) is 16.4. The van der Waals surface area contributed by atoms with Gasteiger partial charge in [0.2, 0.25) is 0 Å². The average Bonchev–Trinajstić information content (AvgIpc) is 4.18. The van der Waals surface area contributed by atoms with Crippen molar-refractivity contribution >= 4 is 117 Å². The first-order valence-corrected chi connectivity index (χ1v) is 27.8. The van der Waals surface area contributed by atoms with E-state index in [2.05, 4.69) is 82.8 Å². The molecule has 0 bridgehead atoms. The van der Waals surface area contributed by atoms with Gasteiger partial charge < -0.3 is 0 Å². The van der Waals surface area contributed by atoms with E-state index in [1.807, 2.05) is 53.5 Å². The van der Waals surface area contributed by atoms with Crippen LogP contribution in [0.15, 0.2) is 94.6 Å². The van der Waals surface area contributed by atoms with Crippen LogP contribution in [-0.4, -0.2) is 41.4 Å². The molecule has 1 aliphatic carbocycles. The van der Waals surface area contributed by atoms with E-state index in [9.17, 15) is 0 Å². The van der Waals surface area contributed by atoms with Crippen molar-refractivity contribution in [2.24, 2.45) is 21.2 Å². The first-order valence-electron chi connectivity index (χ1n) is 22.6. The van der Waals surface area contributed by atoms with Crippen molar-refractivity contribution in [2.45, 2.75) is 97.3 Å². The second-order valence-corrected chi connectivity index (χ2v) is 22.3. The van der Waals surface area contributed by atoms with Gasteiger partial charge in [0.25, 0.3) is 0 Å². The first-order chi connectivity index (χ1) is 31.4. The molecule has 0 saturated carbocycles. The number of para-hydroxylation sites is 2. The molecule has 13 heteroatoms. The molecular weight excluding hydrogens is 903 g/mol. The molecule has 2 atom stereocenters. The number of aromatic nitrogens is 5. The minimum absolute atomic E-state index is 0.136. The number of rotatable bonds is 17. The topological polar surface area (TPSA) is 89.2 Å². The summed E-state index contributed by atoms with van der Waals surface area (Å²) in [6, 6.07) is 21.6. The highest BCUT2D eigenvalue weighted by atomic mass is 32.2. The standard InChI is InChI=1S/C51H51N7S6/c1-7-11-17-30(9-3)25-51(26-31(10-4)18-12-8-2)34-23-40(32-27-52-43(29(5)42(32)56-59-6)49-54-36-19-13-15-21-38(36)62-49)60-47(34)48-35(51)24-41(61-48)33-28-53-46(45-44(33)57-64-58-45)50-55-37-20-14-16-22-39(37)63-50/h13-16,19-24,27-28,30-31H,5,7-12,17-18,25-26H2,1-4,6H3. The molecule has 6 aromatic heterocycles. The van der Waals surface area contributed by atoms with E-state index >= 15 is 0 Å². The molecule has 326 valence electrons. The maximum Gasteiger partial charge on any atom is 0.145 e. The molecule has 0 spiro atoms. The van der Waals surface area contributed by atoms with Crippen molar-refractivity contribution in [3.63, 3.8) is 0 Å². The summed E-state index contributed by atoms with van der Waals surface area (Å²) in [7, 11) is 0. The number of allylic oxidation sites excluding steroid dienone is 2. The minimum atomic E-state index is -0.136. The van der Waals surface area contributed by atoms with Crippen molar-refractivity contribution in [2.75, 3.05) is 6.26 Å². The van der Waals surface area contributed by atoms with E-state index < -0.39 is 0 Å². The third-order valence-corrected chi connectivity index (χ3v) is 18.7. The third kappa shape index (κ3) is 7.77. The van der Waals surface area contributed by atoms with Gasteiger partial charge in [0.05, 0.1) is 37.9 Å².